The number of hydrogen-bond acceptors (Lipinski definition) is 4. The molecule has 8 aromatic rings. The van der Waals surface area contributed by atoms with E-state index in [0.29, 0.717) is 0 Å². The molecule has 2 aliphatic rings. The van der Waals surface area contributed by atoms with Crippen molar-refractivity contribution in [2.24, 2.45) is 0 Å². The van der Waals surface area contributed by atoms with Gasteiger partial charge in [0.1, 0.15) is 11.5 Å². The SMILES string of the molecule is C1=C(c2ccc3ncc(-c4ccc5c6c(cccc46)-c4ccccc4O5)nc3c2)C=C(c2ccc(-c3ccccc3)cc2)NC1c1ccccc1. The first kappa shape index (κ1) is 29.2. The van der Waals surface area contributed by atoms with Gasteiger partial charge in [-0.2, -0.15) is 0 Å². The molecule has 240 valence electrons. The van der Waals surface area contributed by atoms with Crippen molar-refractivity contribution in [1.29, 1.82) is 0 Å². The number of nitrogens with zero attached hydrogens (tertiary/aromatic N) is 2. The number of ether oxygens (including phenoxy) is 1. The Morgan fingerprint density at radius 3 is 2.12 bits per heavy atom. The van der Waals surface area contributed by atoms with Gasteiger partial charge in [0.05, 0.1) is 29.0 Å². The molecule has 0 fully saturated rings. The van der Waals surface area contributed by atoms with Crippen LogP contribution in [-0.4, -0.2) is 9.97 Å². The van der Waals surface area contributed by atoms with Gasteiger partial charge in [0.2, 0.25) is 0 Å². The average Bonchev–Trinajstić information content (AvgIpc) is 3.21. The van der Waals surface area contributed by atoms with Crippen LogP contribution in [0.4, 0.5) is 0 Å². The van der Waals surface area contributed by atoms with Gasteiger partial charge in [0.25, 0.3) is 0 Å². The lowest BCUT2D eigenvalue weighted by Gasteiger charge is -2.26. The Kier molecular flexibility index (Phi) is 6.85. The Balaban J connectivity index is 1.05. The summed E-state index contributed by atoms with van der Waals surface area (Å²) < 4.78 is 6.35. The van der Waals surface area contributed by atoms with Crippen molar-refractivity contribution in [2.75, 3.05) is 0 Å². The van der Waals surface area contributed by atoms with E-state index in [0.717, 1.165) is 72.5 Å². The van der Waals surface area contributed by atoms with E-state index in [1.807, 2.05) is 18.3 Å². The van der Waals surface area contributed by atoms with E-state index < -0.39 is 0 Å². The second-order valence-corrected chi connectivity index (χ2v) is 13.1. The van der Waals surface area contributed by atoms with Crippen molar-refractivity contribution in [3.8, 4) is 45.0 Å². The number of rotatable bonds is 5. The summed E-state index contributed by atoms with van der Waals surface area (Å²) in [7, 11) is 0. The van der Waals surface area contributed by atoms with Crippen LogP contribution in [0, 0.1) is 0 Å². The Morgan fingerprint density at radius 1 is 0.529 bits per heavy atom. The summed E-state index contributed by atoms with van der Waals surface area (Å²) in [5.41, 5.74) is 13.9. The van der Waals surface area contributed by atoms with Gasteiger partial charge in [-0.25, -0.2) is 4.98 Å². The fourth-order valence-corrected chi connectivity index (χ4v) is 7.42. The third-order valence-corrected chi connectivity index (χ3v) is 9.97. The zero-order valence-electron chi connectivity index (χ0n) is 27.6. The van der Waals surface area contributed by atoms with Crippen LogP contribution in [0.3, 0.4) is 0 Å². The third kappa shape index (κ3) is 5.17. The van der Waals surface area contributed by atoms with Crippen molar-refractivity contribution < 1.29 is 4.74 Å². The van der Waals surface area contributed by atoms with E-state index >= 15 is 0 Å². The minimum Gasteiger partial charge on any atom is -0.456 e. The van der Waals surface area contributed by atoms with E-state index in [-0.39, 0.29) is 6.04 Å². The standard InChI is InChI=1S/C47H31N3O/c1-3-10-30(11-4-1)31-18-20-33(21-19-31)42-28-35(27-41(49-42)32-12-5-2-6-13-32)34-22-24-40-43(26-34)50-44(29-48-40)36-23-25-46-47-38(36)15-9-16-39(47)37-14-7-8-17-45(37)51-46/h1-29,41,49H. The van der Waals surface area contributed by atoms with Gasteiger partial charge in [0.15, 0.2) is 0 Å². The summed E-state index contributed by atoms with van der Waals surface area (Å²) in [5.74, 6) is 1.74. The van der Waals surface area contributed by atoms with Crippen molar-refractivity contribution in [2.45, 2.75) is 6.04 Å². The number of para-hydroxylation sites is 1. The minimum absolute atomic E-state index is 0.00750. The highest BCUT2D eigenvalue weighted by Gasteiger charge is 2.22. The summed E-state index contributed by atoms with van der Waals surface area (Å²) in [5, 5.41) is 6.00. The molecule has 2 aliphatic heterocycles. The molecule has 1 atom stereocenters. The van der Waals surface area contributed by atoms with Gasteiger partial charge in [-0.3, -0.25) is 4.98 Å². The molecule has 10 rings (SSSR count). The predicted molar refractivity (Wildman–Crippen MR) is 208 cm³/mol. The maximum Gasteiger partial charge on any atom is 0.135 e. The highest BCUT2D eigenvalue weighted by atomic mass is 16.5. The third-order valence-electron chi connectivity index (χ3n) is 9.97. The van der Waals surface area contributed by atoms with Gasteiger partial charge in [0, 0.05) is 22.2 Å². The van der Waals surface area contributed by atoms with Gasteiger partial charge >= 0.3 is 0 Å². The van der Waals surface area contributed by atoms with Crippen LogP contribution in [-0.2, 0) is 0 Å². The zero-order valence-corrected chi connectivity index (χ0v) is 27.6. The molecule has 0 spiro atoms. The summed E-state index contributed by atoms with van der Waals surface area (Å²) >= 11 is 0. The maximum absolute atomic E-state index is 6.35. The molecule has 0 aliphatic carbocycles. The molecule has 1 N–H and O–H groups in total. The van der Waals surface area contributed by atoms with Crippen molar-refractivity contribution in [1.82, 2.24) is 15.3 Å². The minimum atomic E-state index is 0.00750. The topological polar surface area (TPSA) is 47.0 Å². The molecule has 1 unspecified atom stereocenters. The zero-order chi connectivity index (χ0) is 33.7. The first-order valence-electron chi connectivity index (χ1n) is 17.3. The number of dihydropyridines is 1. The van der Waals surface area contributed by atoms with E-state index in [1.54, 1.807) is 0 Å². The normalized spacial score (nSPS) is 14.6. The molecular weight excluding hydrogens is 623 g/mol. The lowest BCUT2D eigenvalue weighted by atomic mass is 9.91. The van der Waals surface area contributed by atoms with Gasteiger partial charge in [-0.1, -0.05) is 127 Å². The van der Waals surface area contributed by atoms with E-state index in [1.165, 1.54) is 22.3 Å². The number of benzene rings is 7. The summed E-state index contributed by atoms with van der Waals surface area (Å²) in [4.78, 5) is 10.1. The lowest BCUT2D eigenvalue weighted by Crippen LogP contribution is -2.21. The Bertz CT molecular complexity index is 2680. The van der Waals surface area contributed by atoms with E-state index in [4.69, 9.17) is 14.7 Å². The molecule has 0 saturated carbocycles. The molecule has 4 nitrogen and oxygen atoms in total. The number of nitrogens with one attached hydrogen (secondary N) is 1. The highest BCUT2D eigenvalue weighted by Crippen LogP contribution is 2.48. The van der Waals surface area contributed by atoms with Crippen LogP contribution >= 0.6 is 0 Å². The summed E-state index contributed by atoms with van der Waals surface area (Å²) in [6.45, 7) is 0. The van der Waals surface area contributed by atoms with Crippen LogP contribution in [0.5, 0.6) is 11.5 Å². The molecule has 4 heteroatoms. The number of hydrogen-bond donors (Lipinski definition) is 1. The van der Waals surface area contributed by atoms with Crippen molar-refractivity contribution in [3.63, 3.8) is 0 Å². The Morgan fingerprint density at radius 2 is 1.25 bits per heavy atom. The monoisotopic (exact) mass is 653 g/mol. The van der Waals surface area contributed by atoms with Crippen LogP contribution in [0.1, 0.15) is 22.7 Å². The van der Waals surface area contributed by atoms with Crippen LogP contribution in [0.15, 0.2) is 176 Å². The molecular formula is C47H31N3O. The quantitative estimate of drug-likeness (QED) is 0.201. The van der Waals surface area contributed by atoms with Crippen LogP contribution in [0.25, 0.3) is 66.6 Å². The fraction of sp³-hybridized carbons (Fsp3) is 0.0213. The van der Waals surface area contributed by atoms with E-state index in [2.05, 4.69) is 163 Å². The maximum atomic E-state index is 6.35. The largest absolute Gasteiger partial charge is 0.456 e. The molecule has 7 aromatic carbocycles. The second kappa shape index (κ2) is 12.0. The molecule has 51 heavy (non-hydrogen) atoms. The van der Waals surface area contributed by atoms with Crippen LogP contribution in [0.2, 0.25) is 0 Å². The fourth-order valence-electron chi connectivity index (χ4n) is 7.42. The predicted octanol–water partition coefficient (Wildman–Crippen LogP) is 11.7. The summed E-state index contributed by atoms with van der Waals surface area (Å²) in [6, 6.07) is 55.1. The van der Waals surface area contributed by atoms with Gasteiger partial charge in [-0.15, -0.1) is 0 Å². The first-order valence-corrected chi connectivity index (χ1v) is 17.3. The highest BCUT2D eigenvalue weighted by molar-refractivity contribution is 6.09. The number of allylic oxidation sites excluding steroid dienone is 2. The smallest absolute Gasteiger partial charge is 0.135 e. The number of fused-ring (bicyclic) bond motifs is 3. The average molecular weight is 654 g/mol. The number of aromatic nitrogens is 2. The Labute approximate surface area is 296 Å². The second-order valence-electron chi connectivity index (χ2n) is 13.1. The molecule has 0 radical (unpaired) electrons. The first-order chi connectivity index (χ1) is 25.2. The lowest BCUT2D eigenvalue weighted by molar-refractivity contribution is 0.487. The van der Waals surface area contributed by atoms with E-state index in [9.17, 15) is 0 Å². The molecule has 1 aromatic heterocycles. The van der Waals surface area contributed by atoms with Crippen molar-refractivity contribution in [3.05, 3.63) is 193 Å². The van der Waals surface area contributed by atoms with Crippen LogP contribution < -0.4 is 10.1 Å². The molecule has 0 amide bonds. The molecule has 0 saturated heterocycles. The van der Waals surface area contributed by atoms with Gasteiger partial charge < -0.3 is 10.1 Å². The molecule has 3 heterocycles. The van der Waals surface area contributed by atoms with Crippen molar-refractivity contribution >= 4 is 33.1 Å². The Hall–Kier alpha value is -6.78. The summed E-state index contributed by atoms with van der Waals surface area (Å²) in [6.07, 6.45) is 6.44. The van der Waals surface area contributed by atoms with Gasteiger partial charge in [-0.05, 0) is 86.8 Å². The molecule has 0 bridgehead atoms.